The molecule has 0 aliphatic heterocycles. The van der Waals surface area contributed by atoms with Crippen LogP contribution in [0.5, 0.6) is 0 Å². The standard InChI is InChI=1S/C14H12N2O2/c15-12(17)14(13(16)18)7-3-6-10-8-4-1-2-5-9(8)11(10)14/h1-6H,7H2,(H2,15,17)(H2,16,18). The fraction of sp³-hybridized carbons (Fsp3) is 0.143. The van der Waals surface area contributed by atoms with E-state index >= 15 is 0 Å². The Bertz CT molecular complexity index is 627. The molecule has 0 aromatic heterocycles. The zero-order valence-electron chi connectivity index (χ0n) is 9.64. The van der Waals surface area contributed by atoms with Gasteiger partial charge in [0.15, 0.2) is 5.41 Å². The van der Waals surface area contributed by atoms with Crippen molar-refractivity contribution < 1.29 is 9.59 Å². The summed E-state index contributed by atoms with van der Waals surface area (Å²) in [6.45, 7) is 0. The number of nitrogens with two attached hydrogens (primary N) is 2. The van der Waals surface area contributed by atoms with E-state index in [-0.39, 0.29) is 6.42 Å². The van der Waals surface area contributed by atoms with Gasteiger partial charge in [-0.3, -0.25) is 9.59 Å². The van der Waals surface area contributed by atoms with Gasteiger partial charge in [-0.05, 0) is 28.7 Å². The number of carbonyl (C=O) groups excluding carboxylic acids is 2. The Morgan fingerprint density at radius 1 is 1.06 bits per heavy atom. The predicted molar refractivity (Wildman–Crippen MR) is 67.8 cm³/mol. The topological polar surface area (TPSA) is 86.2 Å². The molecular formula is C14H12N2O2. The third-order valence-corrected chi connectivity index (χ3v) is 3.73. The van der Waals surface area contributed by atoms with Gasteiger partial charge in [0.05, 0.1) is 0 Å². The van der Waals surface area contributed by atoms with E-state index in [1.165, 1.54) is 0 Å². The van der Waals surface area contributed by atoms with E-state index in [0.29, 0.717) is 5.57 Å². The number of benzene rings is 1. The number of amides is 2. The van der Waals surface area contributed by atoms with Gasteiger partial charge in [0, 0.05) is 0 Å². The molecule has 4 heteroatoms. The van der Waals surface area contributed by atoms with Crippen molar-refractivity contribution in [3.8, 4) is 0 Å². The molecule has 0 heterocycles. The third kappa shape index (κ3) is 1.05. The van der Waals surface area contributed by atoms with Gasteiger partial charge in [0.1, 0.15) is 0 Å². The lowest BCUT2D eigenvalue weighted by Crippen LogP contribution is -2.50. The summed E-state index contributed by atoms with van der Waals surface area (Å²) >= 11 is 0. The van der Waals surface area contributed by atoms with E-state index in [4.69, 9.17) is 11.5 Å². The van der Waals surface area contributed by atoms with Crippen LogP contribution < -0.4 is 11.5 Å². The maximum Gasteiger partial charge on any atom is 0.237 e. The summed E-state index contributed by atoms with van der Waals surface area (Å²) in [5.74, 6) is -1.36. The van der Waals surface area contributed by atoms with Crippen LogP contribution in [-0.2, 0) is 9.59 Å². The van der Waals surface area contributed by atoms with Gasteiger partial charge in [-0.15, -0.1) is 0 Å². The Balaban J connectivity index is 2.25. The van der Waals surface area contributed by atoms with Crippen molar-refractivity contribution in [1.82, 2.24) is 0 Å². The fourth-order valence-corrected chi connectivity index (χ4v) is 2.81. The molecule has 2 aliphatic carbocycles. The molecule has 0 radical (unpaired) electrons. The Kier molecular flexibility index (Phi) is 1.99. The first-order valence-electron chi connectivity index (χ1n) is 5.70. The summed E-state index contributed by atoms with van der Waals surface area (Å²) in [5.41, 5.74) is 13.0. The van der Waals surface area contributed by atoms with Gasteiger partial charge in [-0.2, -0.15) is 0 Å². The highest BCUT2D eigenvalue weighted by Gasteiger charge is 2.51. The van der Waals surface area contributed by atoms with Crippen LogP contribution in [0.1, 0.15) is 17.5 Å². The van der Waals surface area contributed by atoms with Gasteiger partial charge in [-0.25, -0.2) is 0 Å². The zero-order chi connectivity index (χ0) is 12.9. The monoisotopic (exact) mass is 240 g/mol. The summed E-state index contributed by atoms with van der Waals surface area (Å²) in [7, 11) is 0. The van der Waals surface area contributed by atoms with Gasteiger partial charge >= 0.3 is 0 Å². The molecule has 1 aromatic carbocycles. The minimum absolute atomic E-state index is 0.241. The molecule has 4 N–H and O–H groups in total. The van der Waals surface area contributed by atoms with Crippen molar-refractivity contribution in [3.63, 3.8) is 0 Å². The van der Waals surface area contributed by atoms with E-state index in [0.717, 1.165) is 16.7 Å². The third-order valence-electron chi connectivity index (χ3n) is 3.73. The van der Waals surface area contributed by atoms with E-state index in [1.807, 2.05) is 30.3 Å². The highest BCUT2D eigenvalue weighted by atomic mass is 16.2. The van der Waals surface area contributed by atoms with E-state index < -0.39 is 17.2 Å². The summed E-state index contributed by atoms with van der Waals surface area (Å²) in [5, 5.41) is 0. The first-order valence-corrected chi connectivity index (χ1v) is 5.70. The summed E-state index contributed by atoms with van der Waals surface area (Å²) in [6, 6.07) is 7.62. The molecule has 0 spiro atoms. The van der Waals surface area contributed by atoms with Crippen LogP contribution in [0.15, 0.2) is 36.4 Å². The molecule has 1 aromatic rings. The van der Waals surface area contributed by atoms with Gasteiger partial charge in [-0.1, -0.05) is 36.4 Å². The van der Waals surface area contributed by atoms with E-state index in [2.05, 4.69) is 0 Å². The lowest BCUT2D eigenvalue weighted by atomic mass is 9.61. The van der Waals surface area contributed by atoms with Gasteiger partial charge in [0.25, 0.3) is 0 Å². The van der Waals surface area contributed by atoms with Crippen LogP contribution in [-0.4, -0.2) is 11.8 Å². The largest absolute Gasteiger partial charge is 0.368 e. The van der Waals surface area contributed by atoms with E-state index in [1.54, 1.807) is 6.08 Å². The van der Waals surface area contributed by atoms with Crippen LogP contribution in [0.3, 0.4) is 0 Å². The van der Waals surface area contributed by atoms with Crippen LogP contribution in [0, 0.1) is 5.41 Å². The number of carbonyl (C=O) groups is 2. The maximum atomic E-state index is 11.8. The van der Waals surface area contributed by atoms with Crippen molar-refractivity contribution >= 4 is 23.0 Å². The molecule has 18 heavy (non-hydrogen) atoms. The molecule has 2 aliphatic rings. The average molecular weight is 240 g/mol. The van der Waals surface area contributed by atoms with Crippen LogP contribution in [0.25, 0.3) is 11.1 Å². The molecule has 0 fully saturated rings. The van der Waals surface area contributed by atoms with Crippen LogP contribution in [0.4, 0.5) is 0 Å². The Labute approximate surface area is 104 Å². The summed E-state index contributed by atoms with van der Waals surface area (Å²) < 4.78 is 0. The van der Waals surface area contributed by atoms with E-state index in [9.17, 15) is 9.59 Å². The highest BCUT2D eigenvalue weighted by molar-refractivity contribution is 6.25. The molecule has 2 amide bonds. The number of primary amides is 2. The average Bonchev–Trinajstić information content (AvgIpc) is 2.34. The van der Waals surface area contributed by atoms with Gasteiger partial charge in [0.2, 0.25) is 11.8 Å². The molecule has 0 bridgehead atoms. The molecule has 0 saturated carbocycles. The van der Waals surface area contributed by atoms with Crippen LogP contribution >= 0.6 is 0 Å². The normalized spacial score (nSPS) is 18.7. The Morgan fingerprint density at radius 3 is 2.28 bits per heavy atom. The Morgan fingerprint density at radius 2 is 1.67 bits per heavy atom. The van der Waals surface area contributed by atoms with Gasteiger partial charge < -0.3 is 11.5 Å². The number of allylic oxidation sites excluding steroid dienone is 3. The second-order valence-electron chi connectivity index (χ2n) is 4.57. The minimum Gasteiger partial charge on any atom is -0.368 e. The molecule has 0 saturated heterocycles. The van der Waals surface area contributed by atoms with Crippen molar-refractivity contribution in [2.75, 3.05) is 0 Å². The smallest absolute Gasteiger partial charge is 0.237 e. The number of hydrogen-bond donors (Lipinski definition) is 2. The molecule has 0 unspecified atom stereocenters. The number of hydrogen-bond acceptors (Lipinski definition) is 2. The first kappa shape index (κ1) is 10.8. The molecule has 0 atom stereocenters. The number of rotatable bonds is 2. The second-order valence-corrected chi connectivity index (χ2v) is 4.57. The lowest BCUT2D eigenvalue weighted by molar-refractivity contribution is -0.135. The quantitative estimate of drug-likeness (QED) is 0.750. The first-order chi connectivity index (χ1) is 8.59. The van der Waals surface area contributed by atoms with Crippen molar-refractivity contribution in [2.45, 2.75) is 6.42 Å². The van der Waals surface area contributed by atoms with Crippen molar-refractivity contribution in [2.24, 2.45) is 16.9 Å². The zero-order valence-corrected chi connectivity index (χ0v) is 9.64. The molecule has 4 nitrogen and oxygen atoms in total. The predicted octanol–water partition coefficient (Wildman–Crippen LogP) is 0.828. The van der Waals surface area contributed by atoms with Crippen molar-refractivity contribution in [1.29, 1.82) is 0 Å². The molecule has 90 valence electrons. The molecular weight excluding hydrogens is 228 g/mol. The maximum absolute atomic E-state index is 11.8. The SMILES string of the molecule is NC(=O)C1(C(N)=O)CC=CC2=C1c1ccccc12. The lowest BCUT2D eigenvalue weighted by Gasteiger charge is -2.40. The van der Waals surface area contributed by atoms with Crippen LogP contribution in [0.2, 0.25) is 0 Å². The summed E-state index contributed by atoms with van der Waals surface area (Å²) in [6.07, 6.45) is 3.94. The summed E-state index contributed by atoms with van der Waals surface area (Å²) in [4.78, 5) is 23.5. The second kappa shape index (κ2) is 3.32. The fourth-order valence-electron chi connectivity index (χ4n) is 2.81. The Hall–Kier alpha value is -2.36. The highest BCUT2D eigenvalue weighted by Crippen LogP contribution is 2.54. The van der Waals surface area contributed by atoms with Crippen molar-refractivity contribution in [3.05, 3.63) is 47.5 Å². The number of fused-ring (bicyclic) bond motifs is 3. The molecule has 3 rings (SSSR count). The minimum atomic E-state index is -1.39.